The third kappa shape index (κ3) is 4.89. The number of aliphatic hydroxyl groups is 1. The lowest BCUT2D eigenvalue weighted by Gasteiger charge is -2.25. The average molecular weight is 385 g/mol. The van der Waals surface area contributed by atoms with Crippen molar-refractivity contribution in [3.8, 4) is 0 Å². The number of hydrogen-bond donors (Lipinski definition) is 3. The van der Waals surface area contributed by atoms with Gasteiger partial charge in [-0.3, -0.25) is 4.72 Å². The van der Waals surface area contributed by atoms with Gasteiger partial charge in [-0.1, -0.05) is 13.8 Å². The molecule has 0 aliphatic heterocycles. The molecular weight excluding hydrogens is 364 g/mol. The van der Waals surface area contributed by atoms with Gasteiger partial charge in [-0.25, -0.2) is 22.2 Å². The molecule has 0 fully saturated rings. The van der Waals surface area contributed by atoms with Gasteiger partial charge in [-0.15, -0.1) is 0 Å². The first-order chi connectivity index (χ1) is 12.2. The van der Waals surface area contributed by atoms with Gasteiger partial charge in [-0.2, -0.15) is 0 Å². The Balaban J connectivity index is 2.09. The molecule has 1 aromatic heterocycles. The number of nitrogens with zero attached hydrogens (tertiary/aromatic N) is 1. The zero-order chi connectivity index (χ0) is 19.4. The molecule has 26 heavy (non-hydrogen) atoms. The van der Waals surface area contributed by atoms with Gasteiger partial charge in [0, 0.05) is 18.8 Å². The minimum absolute atomic E-state index is 0.0953. The lowest BCUT2D eigenvalue weighted by molar-refractivity contribution is 0.0456. The van der Waals surface area contributed by atoms with Crippen molar-refractivity contribution in [3.05, 3.63) is 48.2 Å². The molecule has 0 radical (unpaired) electrons. The Morgan fingerprint density at radius 1 is 1.12 bits per heavy atom. The van der Waals surface area contributed by atoms with Crippen LogP contribution in [-0.2, 0) is 10.0 Å². The number of pyridine rings is 1. The van der Waals surface area contributed by atoms with Crippen LogP contribution in [0.1, 0.15) is 26.7 Å². The molecule has 6 nitrogen and oxygen atoms in total. The fourth-order valence-corrected chi connectivity index (χ4v) is 3.17. The molecule has 142 valence electrons. The zero-order valence-corrected chi connectivity index (χ0v) is 15.3. The van der Waals surface area contributed by atoms with Crippen molar-refractivity contribution in [1.29, 1.82) is 0 Å². The van der Waals surface area contributed by atoms with Gasteiger partial charge in [-0.05, 0) is 37.1 Å². The van der Waals surface area contributed by atoms with Crippen molar-refractivity contribution in [2.45, 2.75) is 37.2 Å². The second-order valence-corrected chi connectivity index (χ2v) is 7.58. The first-order valence-electron chi connectivity index (χ1n) is 8.09. The number of hydrogen-bond acceptors (Lipinski definition) is 5. The molecule has 0 atom stereocenters. The predicted octanol–water partition coefficient (Wildman–Crippen LogP) is 3.12. The number of benzene rings is 1. The van der Waals surface area contributed by atoms with Gasteiger partial charge in [0.2, 0.25) is 0 Å². The molecular formula is C17H21F2N3O3S. The van der Waals surface area contributed by atoms with Crippen LogP contribution in [0.3, 0.4) is 0 Å². The van der Waals surface area contributed by atoms with E-state index in [9.17, 15) is 22.3 Å². The van der Waals surface area contributed by atoms with E-state index in [0.717, 1.165) is 24.4 Å². The largest absolute Gasteiger partial charge is 0.388 e. The predicted molar refractivity (Wildman–Crippen MR) is 95.4 cm³/mol. The second-order valence-electron chi connectivity index (χ2n) is 5.90. The topological polar surface area (TPSA) is 91.3 Å². The van der Waals surface area contributed by atoms with Crippen molar-refractivity contribution >= 4 is 21.5 Å². The summed E-state index contributed by atoms with van der Waals surface area (Å²) in [6.45, 7) is 4.03. The lowest BCUT2D eigenvalue weighted by atomic mass is 9.98. The summed E-state index contributed by atoms with van der Waals surface area (Å²) in [6.07, 6.45) is 2.28. The van der Waals surface area contributed by atoms with Crippen LogP contribution in [0.15, 0.2) is 41.4 Å². The number of sulfonamides is 1. The van der Waals surface area contributed by atoms with Crippen LogP contribution in [0.5, 0.6) is 0 Å². The Morgan fingerprint density at radius 2 is 1.81 bits per heavy atom. The SMILES string of the molecule is CCC(O)(CC)CNc1ccc(S(=O)(=O)Nc2ccc(F)c(F)c2)cn1. The molecule has 0 spiro atoms. The molecule has 0 amide bonds. The van der Waals surface area contributed by atoms with Crippen LogP contribution >= 0.6 is 0 Å². The van der Waals surface area contributed by atoms with E-state index in [1.165, 1.54) is 12.1 Å². The Labute approximate surface area is 151 Å². The van der Waals surface area contributed by atoms with Gasteiger partial charge in [0.1, 0.15) is 10.7 Å². The smallest absolute Gasteiger partial charge is 0.263 e. The fourth-order valence-electron chi connectivity index (χ4n) is 2.17. The van der Waals surface area contributed by atoms with Crippen LogP contribution in [0.4, 0.5) is 20.3 Å². The van der Waals surface area contributed by atoms with Crippen molar-refractivity contribution in [2.24, 2.45) is 0 Å². The number of anilines is 2. The van der Waals surface area contributed by atoms with Crippen molar-refractivity contribution in [1.82, 2.24) is 4.98 Å². The number of rotatable bonds is 8. The summed E-state index contributed by atoms with van der Waals surface area (Å²) in [5.41, 5.74) is -0.956. The number of aromatic nitrogens is 1. The van der Waals surface area contributed by atoms with E-state index in [4.69, 9.17) is 0 Å². The summed E-state index contributed by atoms with van der Waals surface area (Å²) in [5, 5.41) is 13.2. The first kappa shape index (κ1) is 20.1. The highest BCUT2D eigenvalue weighted by Gasteiger charge is 2.22. The second kappa shape index (κ2) is 7.96. The van der Waals surface area contributed by atoms with Gasteiger partial charge in [0.05, 0.1) is 11.3 Å². The summed E-state index contributed by atoms with van der Waals surface area (Å²) in [5.74, 6) is -1.80. The molecule has 1 heterocycles. The monoisotopic (exact) mass is 385 g/mol. The van der Waals surface area contributed by atoms with Crippen LogP contribution in [0.25, 0.3) is 0 Å². The zero-order valence-electron chi connectivity index (χ0n) is 14.5. The van der Waals surface area contributed by atoms with Crippen molar-refractivity contribution in [2.75, 3.05) is 16.6 Å². The standard InChI is InChI=1S/C17H21F2N3O3S/c1-3-17(23,4-2)11-21-16-8-6-13(10-20-16)26(24,25)22-12-5-7-14(18)15(19)9-12/h5-10,22-23H,3-4,11H2,1-2H3,(H,20,21). The summed E-state index contributed by atoms with van der Waals surface area (Å²) in [7, 11) is -3.99. The average Bonchev–Trinajstić information content (AvgIpc) is 2.63. The quantitative estimate of drug-likeness (QED) is 0.649. The lowest BCUT2D eigenvalue weighted by Crippen LogP contribution is -2.35. The maximum Gasteiger partial charge on any atom is 0.263 e. The molecule has 0 saturated carbocycles. The highest BCUT2D eigenvalue weighted by molar-refractivity contribution is 7.92. The van der Waals surface area contributed by atoms with E-state index < -0.39 is 27.3 Å². The van der Waals surface area contributed by atoms with Gasteiger partial charge in [0.25, 0.3) is 10.0 Å². The molecule has 2 rings (SSSR count). The Hall–Kier alpha value is -2.26. The number of halogens is 2. The highest BCUT2D eigenvalue weighted by atomic mass is 32.2. The van der Waals surface area contributed by atoms with E-state index in [1.54, 1.807) is 0 Å². The summed E-state index contributed by atoms with van der Waals surface area (Å²) >= 11 is 0. The summed E-state index contributed by atoms with van der Waals surface area (Å²) in [6, 6.07) is 5.50. The van der Waals surface area contributed by atoms with Gasteiger partial charge >= 0.3 is 0 Å². The molecule has 0 aliphatic carbocycles. The molecule has 0 saturated heterocycles. The third-order valence-corrected chi connectivity index (χ3v) is 5.50. The minimum atomic E-state index is -3.99. The molecule has 3 N–H and O–H groups in total. The third-order valence-electron chi connectivity index (χ3n) is 4.13. The van der Waals surface area contributed by atoms with Crippen LogP contribution in [-0.4, -0.2) is 30.7 Å². The van der Waals surface area contributed by atoms with Gasteiger partial charge < -0.3 is 10.4 Å². The maximum atomic E-state index is 13.2. The van der Waals surface area contributed by atoms with Crippen LogP contribution in [0.2, 0.25) is 0 Å². The molecule has 1 aromatic carbocycles. The maximum absolute atomic E-state index is 13.2. The summed E-state index contributed by atoms with van der Waals surface area (Å²) < 4.78 is 52.9. The molecule has 9 heteroatoms. The van der Waals surface area contributed by atoms with Crippen molar-refractivity contribution < 1.29 is 22.3 Å². The molecule has 0 unspecified atom stereocenters. The molecule has 0 aliphatic rings. The number of nitrogens with one attached hydrogen (secondary N) is 2. The van der Waals surface area contributed by atoms with E-state index in [2.05, 4.69) is 15.0 Å². The van der Waals surface area contributed by atoms with Gasteiger partial charge in [0.15, 0.2) is 11.6 Å². The molecule has 0 bridgehead atoms. The van der Waals surface area contributed by atoms with E-state index in [0.29, 0.717) is 18.7 Å². The fraction of sp³-hybridized carbons (Fsp3) is 0.353. The Bertz CT molecular complexity index is 854. The highest BCUT2D eigenvalue weighted by Crippen LogP contribution is 2.20. The Kier molecular flexibility index (Phi) is 6.14. The molecule has 2 aromatic rings. The van der Waals surface area contributed by atoms with E-state index >= 15 is 0 Å². The normalized spacial score (nSPS) is 12.0. The minimum Gasteiger partial charge on any atom is -0.388 e. The van der Waals surface area contributed by atoms with E-state index in [-0.39, 0.29) is 17.1 Å². The van der Waals surface area contributed by atoms with Crippen LogP contribution < -0.4 is 10.0 Å². The first-order valence-corrected chi connectivity index (χ1v) is 9.57. The van der Waals surface area contributed by atoms with Crippen LogP contribution in [0, 0.1) is 11.6 Å². The summed E-state index contributed by atoms with van der Waals surface area (Å²) in [4.78, 5) is 3.88. The van der Waals surface area contributed by atoms with Crippen molar-refractivity contribution in [3.63, 3.8) is 0 Å². The Morgan fingerprint density at radius 3 is 2.35 bits per heavy atom. The van der Waals surface area contributed by atoms with E-state index in [1.807, 2.05) is 13.8 Å².